The molecule has 2 N–H and O–H groups in total. The number of amides is 2. The van der Waals surface area contributed by atoms with Crippen molar-refractivity contribution in [3.63, 3.8) is 0 Å². The summed E-state index contributed by atoms with van der Waals surface area (Å²) in [5.74, 6) is -0.827. The Morgan fingerprint density at radius 2 is 1.69 bits per heavy atom. The van der Waals surface area contributed by atoms with Gasteiger partial charge in [-0.2, -0.15) is 5.10 Å². The van der Waals surface area contributed by atoms with Crippen LogP contribution in [0.4, 0.5) is 0 Å². The average molecular weight is 453 g/mol. The third-order valence-electron chi connectivity index (χ3n) is 4.67. The Kier molecular flexibility index (Phi) is 4.94. The minimum absolute atomic E-state index is 0.161. The highest BCUT2D eigenvalue weighted by atomic mass is 79.9. The van der Waals surface area contributed by atoms with Gasteiger partial charge in [-0.05, 0) is 44.2 Å². The zero-order valence-corrected chi connectivity index (χ0v) is 17.3. The standard InChI is InChI=1S/C21H17BrN4O3/c1-12-16-5-3-4-6-18(16)29-19(12)21(28)25-24-20(27)17-11-23-26(13(17)2)15-9-7-14(22)8-10-15/h3-11H,1-2H3,(H,24,27)(H,25,28). The van der Waals surface area contributed by atoms with Crippen molar-refractivity contribution in [1.29, 1.82) is 0 Å². The lowest BCUT2D eigenvalue weighted by atomic mass is 10.1. The summed E-state index contributed by atoms with van der Waals surface area (Å²) in [5, 5.41) is 5.13. The minimum atomic E-state index is -0.523. The Morgan fingerprint density at radius 1 is 1.00 bits per heavy atom. The molecule has 2 aromatic heterocycles. The second kappa shape index (κ2) is 7.56. The van der Waals surface area contributed by atoms with Gasteiger partial charge in [0.25, 0.3) is 5.91 Å². The maximum absolute atomic E-state index is 12.5. The van der Waals surface area contributed by atoms with Gasteiger partial charge in [-0.1, -0.05) is 34.1 Å². The summed E-state index contributed by atoms with van der Waals surface area (Å²) in [5.41, 5.74) is 8.00. The third-order valence-corrected chi connectivity index (χ3v) is 5.19. The number of furan rings is 1. The maximum Gasteiger partial charge on any atom is 0.305 e. The van der Waals surface area contributed by atoms with Crippen molar-refractivity contribution in [1.82, 2.24) is 20.6 Å². The van der Waals surface area contributed by atoms with Crippen LogP contribution in [-0.2, 0) is 0 Å². The molecule has 0 bridgehead atoms. The molecule has 0 unspecified atom stereocenters. The number of hydrogen-bond donors (Lipinski definition) is 2. The summed E-state index contributed by atoms with van der Waals surface area (Å²) in [6, 6.07) is 14.9. The van der Waals surface area contributed by atoms with Crippen molar-refractivity contribution in [3.8, 4) is 5.69 Å². The van der Waals surface area contributed by atoms with Gasteiger partial charge < -0.3 is 4.42 Å². The molecule has 0 fully saturated rings. The molecule has 4 rings (SSSR count). The van der Waals surface area contributed by atoms with Gasteiger partial charge in [-0.25, -0.2) is 4.68 Å². The zero-order chi connectivity index (χ0) is 20.5. The summed E-state index contributed by atoms with van der Waals surface area (Å²) < 4.78 is 8.22. The number of para-hydroxylation sites is 1. The lowest BCUT2D eigenvalue weighted by Crippen LogP contribution is -2.41. The van der Waals surface area contributed by atoms with Gasteiger partial charge in [-0.3, -0.25) is 20.4 Å². The van der Waals surface area contributed by atoms with Crippen molar-refractivity contribution < 1.29 is 14.0 Å². The molecule has 29 heavy (non-hydrogen) atoms. The highest BCUT2D eigenvalue weighted by molar-refractivity contribution is 9.10. The number of halogens is 1. The van der Waals surface area contributed by atoms with Crippen LogP contribution in [0.25, 0.3) is 16.7 Å². The molecule has 0 aliphatic carbocycles. The summed E-state index contributed by atoms with van der Waals surface area (Å²) >= 11 is 3.39. The molecule has 0 aliphatic rings. The lowest BCUT2D eigenvalue weighted by molar-refractivity contribution is 0.0831. The molecule has 0 saturated heterocycles. The number of carbonyl (C=O) groups is 2. The van der Waals surface area contributed by atoms with E-state index in [2.05, 4.69) is 31.9 Å². The van der Waals surface area contributed by atoms with Crippen LogP contribution in [0.5, 0.6) is 0 Å². The summed E-state index contributed by atoms with van der Waals surface area (Å²) in [4.78, 5) is 25.0. The second-order valence-electron chi connectivity index (χ2n) is 6.49. The second-order valence-corrected chi connectivity index (χ2v) is 7.41. The number of rotatable bonds is 3. The van der Waals surface area contributed by atoms with Gasteiger partial charge in [0.15, 0.2) is 5.76 Å². The molecular weight excluding hydrogens is 436 g/mol. The zero-order valence-electron chi connectivity index (χ0n) is 15.7. The Labute approximate surface area is 174 Å². The molecule has 2 heterocycles. The molecule has 0 atom stereocenters. The fourth-order valence-electron chi connectivity index (χ4n) is 3.10. The first kappa shape index (κ1) is 18.9. The first-order valence-electron chi connectivity index (χ1n) is 8.85. The normalized spacial score (nSPS) is 10.9. The van der Waals surface area contributed by atoms with Crippen molar-refractivity contribution in [2.24, 2.45) is 0 Å². The largest absolute Gasteiger partial charge is 0.451 e. The number of nitrogens with zero attached hydrogens (tertiary/aromatic N) is 2. The predicted octanol–water partition coefficient (Wildman–Crippen LogP) is 4.07. The molecular formula is C21H17BrN4O3. The maximum atomic E-state index is 12.5. The van der Waals surface area contributed by atoms with Crippen LogP contribution >= 0.6 is 15.9 Å². The number of fused-ring (bicyclic) bond motifs is 1. The van der Waals surface area contributed by atoms with E-state index in [0.29, 0.717) is 22.4 Å². The van der Waals surface area contributed by atoms with E-state index in [4.69, 9.17) is 4.42 Å². The van der Waals surface area contributed by atoms with E-state index in [9.17, 15) is 9.59 Å². The fraction of sp³-hybridized carbons (Fsp3) is 0.0952. The van der Waals surface area contributed by atoms with Crippen LogP contribution in [0.1, 0.15) is 32.2 Å². The van der Waals surface area contributed by atoms with E-state index in [-0.39, 0.29) is 5.76 Å². The summed E-state index contributed by atoms with van der Waals surface area (Å²) in [6.45, 7) is 3.59. The van der Waals surface area contributed by atoms with Gasteiger partial charge in [0.2, 0.25) is 0 Å². The molecule has 7 nitrogen and oxygen atoms in total. The first-order valence-corrected chi connectivity index (χ1v) is 9.64. The van der Waals surface area contributed by atoms with Gasteiger partial charge in [0, 0.05) is 15.4 Å². The quantitative estimate of drug-likeness (QED) is 0.458. The highest BCUT2D eigenvalue weighted by Crippen LogP contribution is 2.24. The molecule has 0 radical (unpaired) electrons. The topological polar surface area (TPSA) is 89.2 Å². The van der Waals surface area contributed by atoms with Crippen LogP contribution in [0, 0.1) is 13.8 Å². The van der Waals surface area contributed by atoms with Crippen molar-refractivity contribution in [3.05, 3.63) is 81.8 Å². The molecule has 0 aliphatic heterocycles. The molecule has 0 saturated carbocycles. The Bertz CT molecular complexity index is 1220. The van der Waals surface area contributed by atoms with E-state index in [1.165, 1.54) is 6.20 Å². The van der Waals surface area contributed by atoms with Crippen LogP contribution < -0.4 is 10.9 Å². The van der Waals surface area contributed by atoms with Gasteiger partial charge in [0.1, 0.15) is 5.58 Å². The monoisotopic (exact) mass is 452 g/mol. The fourth-order valence-corrected chi connectivity index (χ4v) is 3.37. The third kappa shape index (κ3) is 3.54. The Morgan fingerprint density at radius 3 is 2.41 bits per heavy atom. The Balaban J connectivity index is 1.49. The molecule has 2 aromatic carbocycles. The van der Waals surface area contributed by atoms with E-state index >= 15 is 0 Å². The Hall–Kier alpha value is -3.39. The van der Waals surface area contributed by atoms with Crippen LogP contribution in [0.3, 0.4) is 0 Å². The predicted molar refractivity (Wildman–Crippen MR) is 112 cm³/mol. The molecule has 8 heteroatoms. The molecule has 146 valence electrons. The van der Waals surface area contributed by atoms with Gasteiger partial charge in [-0.15, -0.1) is 0 Å². The number of aromatic nitrogens is 2. The SMILES string of the molecule is Cc1c(C(=O)NNC(=O)c2cnn(-c3ccc(Br)cc3)c2C)oc2ccccc12. The molecule has 4 aromatic rings. The van der Waals surface area contributed by atoms with Gasteiger partial charge in [0.05, 0.1) is 23.1 Å². The first-order chi connectivity index (χ1) is 14.0. The highest BCUT2D eigenvalue weighted by Gasteiger charge is 2.20. The number of benzene rings is 2. The minimum Gasteiger partial charge on any atom is -0.451 e. The average Bonchev–Trinajstić information content (AvgIpc) is 3.27. The van der Waals surface area contributed by atoms with Crippen LogP contribution in [-0.4, -0.2) is 21.6 Å². The van der Waals surface area contributed by atoms with E-state index < -0.39 is 11.8 Å². The summed E-state index contributed by atoms with van der Waals surface area (Å²) in [7, 11) is 0. The number of nitrogens with one attached hydrogen (secondary N) is 2. The van der Waals surface area contributed by atoms with Crippen LogP contribution in [0.15, 0.2) is 63.6 Å². The lowest BCUT2D eigenvalue weighted by Gasteiger charge is -2.07. The molecule has 2 amide bonds. The van der Waals surface area contributed by atoms with Crippen LogP contribution in [0.2, 0.25) is 0 Å². The molecule has 0 spiro atoms. The van der Waals surface area contributed by atoms with Crippen molar-refractivity contribution in [2.45, 2.75) is 13.8 Å². The number of hydrogen-bond acceptors (Lipinski definition) is 4. The number of hydrazine groups is 1. The van der Waals surface area contributed by atoms with E-state index in [1.807, 2.05) is 42.5 Å². The van der Waals surface area contributed by atoms with E-state index in [1.54, 1.807) is 24.6 Å². The number of aryl methyl sites for hydroxylation is 1. The smallest absolute Gasteiger partial charge is 0.305 e. The summed E-state index contributed by atoms with van der Waals surface area (Å²) in [6.07, 6.45) is 1.46. The van der Waals surface area contributed by atoms with E-state index in [0.717, 1.165) is 15.5 Å². The number of carbonyl (C=O) groups excluding carboxylic acids is 2. The van der Waals surface area contributed by atoms with Gasteiger partial charge >= 0.3 is 5.91 Å². The van der Waals surface area contributed by atoms with Crippen molar-refractivity contribution in [2.75, 3.05) is 0 Å². The van der Waals surface area contributed by atoms with Crippen molar-refractivity contribution >= 4 is 38.7 Å².